The summed E-state index contributed by atoms with van der Waals surface area (Å²) in [5.74, 6) is 0.489. The standard InChI is InChI=1S/C20H29ClN4O2/c21-17-4-3-5-18(15-17)23-20(27)25-11-6-16(7-12-25)14-19(26)22-8-13-24-9-1-2-10-24/h3-5,15-16H,1-2,6-14H2,(H,22,26)(H,23,27). The second kappa shape index (κ2) is 9.95. The van der Waals surface area contributed by atoms with Crippen molar-refractivity contribution in [3.05, 3.63) is 29.3 Å². The van der Waals surface area contributed by atoms with E-state index in [1.165, 1.54) is 12.8 Å². The molecule has 0 radical (unpaired) electrons. The lowest BCUT2D eigenvalue weighted by Crippen LogP contribution is -2.42. The van der Waals surface area contributed by atoms with Gasteiger partial charge >= 0.3 is 6.03 Å². The molecule has 3 amide bonds. The van der Waals surface area contributed by atoms with Crippen LogP contribution in [-0.2, 0) is 4.79 Å². The number of nitrogens with one attached hydrogen (secondary N) is 2. The molecule has 2 heterocycles. The second-order valence-corrected chi connectivity index (χ2v) is 7.91. The van der Waals surface area contributed by atoms with Gasteiger partial charge in [0.1, 0.15) is 0 Å². The molecule has 7 heteroatoms. The molecule has 2 N–H and O–H groups in total. The van der Waals surface area contributed by atoms with Crippen molar-refractivity contribution in [3.63, 3.8) is 0 Å². The minimum Gasteiger partial charge on any atom is -0.355 e. The highest BCUT2D eigenvalue weighted by molar-refractivity contribution is 6.30. The molecular weight excluding hydrogens is 364 g/mol. The van der Waals surface area contributed by atoms with Crippen LogP contribution in [0.1, 0.15) is 32.1 Å². The summed E-state index contributed by atoms with van der Waals surface area (Å²) in [6, 6.07) is 7.04. The van der Waals surface area contributed by atoms with E-state index < -0.39 is 0 Å². The molecular formula is C20H29ClN4O2. The lowest BCUT2D eigenvalue weighted by molar-refractivity contribution is -0.122. The monoisotopic (exact) mass is 392 g/mol. The topological polar surface area (TPSA) is 64.7 Å². The van der Waals surface area contributed by atoms with Gasteiger partial charge in [-0.15, -0.1) is 0 Å². The molecule has 2 aliphatic heterocycles. The van der Waals surface area contributed by atoms with E-state index in [0.717, 1.165) is 39.0 Å². The first-order valence-corrected chi connectivity index (χ1v) is 10.3. The average molecular weight is 393 g/mol. The highest BCUT2D eigenvalue weighted by atomic mass is 35.5. The Labute approximate surface area is 166 Å². The second-order valence-electron chi connectivity index (χ2n) is 7.47. The molecule has 0 saturated carbocycles. The van der Waals surface area contributed by atoms with Gasteiger partial charge in [-0.3, -0.25) is 4.79 Å². The van der Waals surface area contributed by atoms with E-state index in [4.69, 9.17) is 11.6 Å². The van der Waals surface area contributed by atoms with Gasteiger partial charge in [-0.1, -0.05) is 17.7 Å². The highest BCUT2D eigenvalue weighted by Gasteiger charge is 2.24. The van der Waals surface area contributed by atoms with Crippen molar-refractivity contribution < 1.29 is 9.59 Å². The number of hydrogen-bond acceptors (Lipinski definition) is 3. The molecule has 0 aromatic heterocycles. The minimum atomic E-state index is -0.106. The van der Waals surface area contributed by atoms with Crippen molar-refractivity contribution in [2.24, 2.45) is 5.92 Å². The van der Waals surface area contributed by atoms with Crippen LogP contribution in [0, 0.1) is 5.92 Å². The van der Waals surface area contributed by atoms with E-state index in [1.54, 1.807) is 12.1 Å². The summed E-state index contributed by atoms with van der Waals surface area (Å²) in [7, 11) is 0. The number of carbonyl (C=O) groups is 2. The molecule has 0 atom stereocenters. The van der Waals surface area contributed by atoms with Gasteiger partial charge in [0.05, 0.1) is 0 Å². The van der Waals surface area contributed by atoms with Crippen LogP contribution in [0.2, 0.25) is 5.02 Å². The number of urea groups is 1. The Morgan fingerprint density at radius 2 is 1.85 bits per heavy atom. The highest BCUT2D eigenvalue weighted by Crippen LogP contribution is 2.22. The van der Waals surface area contributed by atoms with Crippen LogP contribution in [0.5, 0.6) is 0 Å². The summed E-state index contributed by atoms with van der Waals surface area (Å²) < 4.78 is 0. The lowest BCUT2D eigenvalue weighted by atomic mass is 9.93. The number of anilines is 1. The van der Waals surface area contributed by atoms with Crippen molar-refractivity contribution in [1.29, 1.82) is 0 Å². The number of piperidine rings is 1. The van der Waals surface area contributed by atoms with E-state index in [-0.39, 0.29) is 11.9 Å². The third kappa shape index (κ3) is 6.40. The first-order valence-electron chi connectivity index (χ1n) is 9.91. The van der Waals surface area contributed by atoms with Crippen LogP contribution >= 0.6 is 11.6 Å². The van der Waals surface area contributed by atoms with Crippen LogP contribution in [0.25, 0.3) is 0 Å². The predicted molar refractivity (Wildman–Crippen MR) is 108 cm³/mol. The van der Waals surface area contributed by atoms with E-state index in [9.17, 15) is 9.59 Å². The van der Waals surface area contributed by atoms with Crippen LogP contribution < -0.4 is 10.6 Å². The zero-order valence-electron chi connectivity index (χ0n) is 15.8. The summed E-state index contributed by atoms with van der Waals surface area (Å²) in [6.45, 7) is 5.36. The van der Waals surface area contributed by atoms with Crippen molar-refractivity contribution >= 4 is 29.2 Å². The molecule has 1 aromatic carbocycles. The normalized spacial score (nSPS) is 18.5. The summed E-state index contributed by atoms with van der Waals surface area (Å²) >= 11 is 5.95. The first kappa shape index (κ1) is 20.0. The number of hydrogen-bond donors (Lipinski definition) is 2. The summed E-state index contributed by atoms with van der Waals surface area (Å²) in [6.07, 6.45) is 4.84. The molecule has 0 bridgehead atoms. The quantitative estimate of drug-likeness (QED) is 0.781. The van der Waals surface area contributed by atoms with E-state index in [1.807, 2.05) is 17.0 Å². The van der Waals surface area contributed by atoms with Crippen LogP contribution in [0.3, 0.4) is 0 Å². The van der Waals surface area contributed by atoms with Gasteiger partial charge in [-0.25, -0.2) is 4.79 Å². The van der Waals surface area contributed by atoms with Gasteiger partial charge in [0.25, 0.3) is 0 Å². The van der Waals surface area contributed by atoms with Crippen molar-refractivity contribution in [3.8, 4) is 0 Å². The van der Waals surface area contributed by atoms with Crippen LogP contribution in [0.15, 0.2) is 24.3 Å². The molecule has 0 aliphatic carbocycles. The van der Waals surface area contributed by atoms with Crippen molar-refractivity contribution in [2.45, 2.75) is 32.1 Å². The number of amides is 3. The molecule has 2 aliphatic rings. The van der Waals surface area contributed by atoms with Gasteiger partial charge in [0.2, 0.25) is 5.91 Å². The van der Waals surface area contributed by atoms with E-state index in [2.05, 4.69) is 15.5 Å². The zero-order chi connectivity index (χ0) is 19.1. The molecule has 0 spiro atoms. The largest absolute Gasteiger partial charge is 0.355 e. The third-order valence-corrected chi connectivity index (χ3v) is 5.64. The lowest BCUT2D eigenvalue weighted by Gasteiger charge is -2.31. The van der Waals surface area contributed by atoms with Gasteiger partial charge in [-0.2, -0.15) is 0 Å². The summed E-state index contributed by atoms with van der Waals surface area (Å²) in [5, 5.41) is 6.52. The van der Waals surface area contributed by atoms with Crippen LogP contribution in [0.4, 0.5) is 10.5 Å². The minimum absolute atomic E-state index is 0.106. The van der Waals surface area contributed by atoms with Gasteiger partial charge in [0, 0.05) is 43.3 Å². The smallest absolute Gasteiger partial charge is 0.321 e. The fourth-order valence-corrected chi connectivity index (χ4v) is 3.99. The maximum Gasteiger partial charge on any atom is 0.321 e. The molecule has 3 rings (SSSR count). The average Bonchev–Trinajstić information content (AvgIpc) is 3.16. The maximum absolute atomic E-state index is 12.4. The molecule has 1 aromatic rings. The number of nitrogens with zero attached hydrogens (tertiary/aromatic N) is 2. The molecule has 27 heavy (non-hydrogen) atoms. The van der Waals surface area contributed by atoms with Gasteiger partial charge in [-0.05, 0) is 62.9 Å². The Bertz CT molecular complexity index is 641. The molecule has 2 fully saturated rings. The maximum atomic E-state index is 12.4. The number of carbonyl (C=O) groups excluding carboxylic acids is 2. The summed E-state index contributed by atoms with van der Waals surface area (Å²) in [4.78, 5) is 28.7. The Kier molecular flexibility index (Phi) is 7.35. The predicted octanol–water partition coefficient (Wildman–Crippen LogP) is 3.19. The SMILES string of the molecule is O=C(CC1CCN(C(=O)Nc2cccc(Cl)c2)CC1)NCCN1CCCC1. The van der Waals surface area contributed by atoms with E-state index >= 15 is 0 Å². The Hall–Kier alpha value is -1.79. The molecule has 0 unspecified atom stereocenters. The molecule has 2 saturated heterocycles. The molecule has 6 nitrogen and oxygen atoms in total. The van der Waals surface area contributed by atoms with Crippen molar-refractivity contribution in [1.82, 2.24) is 15.1 Å². The molecule has 148 valence electrons. The Balaban J connectivity index is 1.33. The number of rotatable bonds is 6. The summed E-state index contributed by atoms with van der Waals surface area (Å²) in [5.41, 5.74) is 0.701. The third-order valence-electron chi connectivity index (χ3n) is 5.40. The van der Waals surface area contributed by atoms with Crippen LogP contribution in [-0.4, -0.2) is 61.0 Å². The fraction of sp³-hybridized carbons (Fsp3) is 0.600. The number of halogens is 1. The zero-order valence-corrected chi connectivity index (χ0v) is 16.5. The van der Waals surface area contributed by atoms with Gasteiger partial charge in [0.15, 0.2) is 0 Å². The Morgan fingerprint density at radius 3 is 2.56 bits per heavy atom. The first-order chi connectivity index (χ1) is 13.1. The van der Waals surface area contributed by atoms with Crippen molar-refractivity contribution in [2.75, 3.05) is 44.6 Å². The van der Waals surface area contributed by atoms with E-state index in [0.29, 0.717) is 36.1 Å². The fourth-order valence-electron chi connectivity index (χ4n) is 3.80. The number of benzene rings is 1. The number of likely N-dealkylation sites (tertiary alicyclic amines) is 2. The Morgan fingerprint density at radius 1 is 1.11 bits per heavy atom. The van der Waals surface area contributed by atoms with Gasteiger partial charge < -0.3 is 20.4 Å².